The fraction of sp³-hybridized carbons (Fsp3) is 0.452. The van der Waals surface area contributed by atoms with Crippen molar-refractivity contribution >= 4 is 41.0 Å². The van der Waals surface area contributed by atoms with Gasteiger partial charge in [0, 0.05) is 11.3 Å². The second kappa shape index (κ2) is 11.9. The number of nitrogens with one attached hydrogen (secondary N) is 3. The number of carboxylic acid groups (broad SMARTS) is 1. The number of anilines is 1. The minimum absolute atomic E-state index is 0.00585. The van der Waals surface area contributed by atoms with Crippen molar-refractivity contribution in [2.75, 3.05) is 18.5 Å². The first-order valence-corrected chi connectivity index (χ1v) is 14.2. The molecule has 43 heavy (non-hydrogen) atoms. The number of guanidine groups is 1. The van der Waals surface area contributed by atoms with Gasteiger partial charge in [0.2, 0.25) is 5.91 Å². The Balaban J connectivity index is 1.31. The van der Waals surface area contributed by atoms with E-state index in [9.17, 15) is 24.3 Å². The standard InChI is InChI=1S/C31H40N6O6/c1-18-13-30(18,4)16-29(2,3)17-43-22-10-8-20(9-11-22)35-27(42)31(14-23(31)26(40)41)37-24(38)15-34-25(39)19-6-5-7-21(12-19)36-28(32)33/h5-12,18,23H,13-17H2,1-4H3,(H,34,39)(H,35,42)(H,37,38)(H,40,41)(H4,32,33,36)/t18-,23?,30?,31?/m0/s1. The van der Waals surface area contributed by atoms with E-state index < -0.39 is 41.7 Å². The molecule has 0 aromatic heterocycles. The summed E-state index contributed by atoms with van der Waals surface area (Å²) in [4.78, 5) is 54.1. The number of amides is 3. The molecule has 2 aromatic carbocycles. The van der Waals surface area contributed by atoms with E-state index in [4.69, 9.17) is 16.2 Å². The summed E-state index contributed by atoms with van der Waals surface area (Å²) >= 11 is 0. The number of carboxylic acids is 1. The zero-order valence-corrected chi connectivity index (χ0v) is 24.9. The molecule has 12 nitrogen and oxygen atoms in total. The lowest BCUT2D eigenvalue weighted by Crippen LogP contribution is -2.51. The predicted molar refractivity (Wildman–Crippen MR) is 162 cm³/mol. The molecule has 3 amide bonds. The number of aliphatic carboxylic acids is 1. The molecule has 12 heteroatoms. The van der Waals surface area contributed by atoms with Crippen LogP contribution in [-0.2, 0) is 14.4 Å². The van der Waals surface area contributed by atoms with E-state index in [1.54, 1.807) is 36.4 Å². The van der Waals surface area contributed by atoms with Gasteiger partial charge in [0.05, 0.1) is 24.8 Å². The Kier molecular flexibility index (Phi) is 8.70. The molecule has 0 saturated heterocycles. The Labute approximate surface area is 250 Å². The Hall–Kier alpha value is -4.61. The minimum Gasteiger partial charge on any atom is -0.493 e. The molecule has 2 aliphatic carbocycles. The van der Waals surface area contributed by atoms with Gasteiger partial charge in [0.1, 0.15) is 11.3 Å². The Morgan fingerprint density at radius 1 is 1.09 bits per heavy atom. The highest BCUT2D eigenvalue weighted by molar-refractivity contribution is 6.07. The molecule has 3 unspecified atom stereocenters. The predicted octanol–water partition coefficient (Wildman–Crippen LogP) is 2.76. The highest BCUT2D eigenvalue weighted by Crippen LogP contribution is 2.58. The number of aliphatic imine (C=N–C) groups is 1. The highest BCUT2D eigenvalue weighted by Gasteiger charge is 2.65. The van der Waals surface area contributed by atoms with Gasteiger partial charge >= 0.3 is 5.97 Å². The first-order chi connectivity index (χ1) is 20.1. The van der Waals surface area contributed by atoms with Gasteiger partial charge in [-0.3, -0.25) is 19.2 Å². The van der Waals surface area contributed by atoms with Crippen LogP contribution in [0, 0.1) is 22.7 Å². The van der Waals surface area contributed by atoms with E-state index in [0.29, 0.717) is 29.1 Å². The zero-order valence-electron chi connectivity index (χ0n) is 24.9. The number of hydrogen-bond acceptors (Lipinski definition) is 6. The van der Waals surface area contributed by atoms with Crippen molar-refractivity contribution in [3.8, 4) is 5.75 Å². The van der Waals surface area contributed by atoms with Crippen molar-refractivity contribution < 1.29 is 29.0 Å². The van der Waals surface area contributed by atoms with Gasteiger partial charge in [0.25, 0.3) is 11.8 Å². The van der Waals surface area contributed by atoms with Crippen molar-refractivity contribution in [3.63, 3.8) is 0 Å². The lowest BCUT2D eigenvalue weighted by Gasteiger charge is -2.28. The van der Waals surface area contributed by atoms with Crippen molar-refractivity contribution in [2.45, 2.75) is 52.5 Å². The van der Waals surface area contributed by atoms with Gasteiger partial charge in [-0.1, -0.05) is 33.8 Å². The minimum atomic E-state index is -1.64. The molecule has 230 valence electrons. The van der Waals surface area contributed by atoms with E-state index in [2.05, 4.69) is 48.6 Å². The van der Waals surface area contributed by atoms with Crippen molar-refractivity contribution in [1.29, 1.82) is 0 Å². The molecule has 2 aliphatic rings. The van der Waals surface area contributed by atoms with Gasteiger partial charge in [-0.05, 0) is 78.5 Å². The Morgan fingerprint density at radius 2 is 1.77 bits per heavy atom. The molecular weight excluding hydrogens is 552 g/mol. The van der Waals surface area contributed by atoms with Crippen LogP contribution < -0.4 is 32.2 Å². The maximum Gasteiger partial charge on any atom is 0.309 e. The average Bonchev–Trinajstić information content (AvgIpc) is 3.80. The summed E-state index contributed by atoms with van der Waals surface area (Å²) in [5.41, 5.74) is 10.5. The largest absolute Gasteiger partial charge is 0.493 e. The molecule has 0 bridgehead atoms. The lowest BCUT2D eigenvalue weighted by molar-refractivity contribution is -0.140. The molecule has 0 aliphatic heterocycles. The number of nitrogens with two attached hydrogens (primary N) is 2. The second-order valence-electron chi connectivity index (χ2n) is 12.8. The molecule has 4 rings (SSSR count). The van der Waals surface area contributed by atoms with Crippen molar-refractivity contribution in [3.05, 3.63) is 54.1 Å². The summed E-state index contributed by atoms with van der Waals surface area (Å²) in [7, 11) is 0. The molecule has 2 aromatic rings. The lowest BCUT2D eigenvalue weighted by atomic mass is 9.81. The number of ether oxygens (including phenoxy) is 1. The summed E-state index contributed by atoms with van der Waals surface area (Å²) in [6, 6.07) is 12.9. The highest BCUT2D eigenvalue weighted by atomic mass is 16.5. The van der Waals surface area contributed by atoms with Crippen LogP contribution in [0.25, 0.3) is 0 Å². The van der Waals surface area contributed by atoms with E-state index in [1.807, 2.05) is 0 Å². The zero-order chi connectivity index (χ0) is 31.6. The second-order valence-corrected chi connectivity index (χ2v) is 12.8. The van der Waals surface area contributed by atoms with Crippen LogP contribution in [0.2, 0.25) is 0 Å². The Morgan fingerprint density at radius 3 is 2.35 bits per heavy atom. The number of carbonyl (C=O) groups is 4. The summed E-state index contributed by atoms with van der Waals surface area (Å²) < 4.78 is 6.02. The summed E-state index contributed by atoms with van der Waals surface area (Å²) in [5, 5.41) is 17.2. The van der Waals surface area contributed by atoms with E-state index in [-0.39, 0.29) is 23.4 Å². The van der Waals surface area contributed by atoms with Gasteiger partial charge < -0.3 is 37.3 Å². The molecule has 0 spiro atoms. The van der Waals surface area contributed by atoms with Crippen LogP contribution in [0.15, 0.2) is 53.5 Å². The third-order valence-corrected chi connectivity index (χ3v) is 8.23. The number of nitrogens with zero attached hydrogens (tertiary/aromatic N) is 1. The number of rotatable bonds is 13. The quantitative estimate of drug-likeness (QED) is 0.151. The molecule has 0 radical (unpaired) electrons. The fourth-order valence-electron chi connectivity index (χ4n) is 5.62. The van der Waals surface area contributed by atoms with Gasteiger partial charge in [-0.2, -0.15) is 0 Å². The summed E-state index contributed by atoms with van der Waals surface area (Å²) in [5.74, 6) is -3.06. The van der Waals surface area contributed by atoms with Crippen molar-refractivity contribution in [1.82, 2.24) is 10.6 Å². The van der Waals surface area contributed by atoms with Crippen LogP contribution in [0.1, 0.15) is 57.3 Å². The first kappa shape index (κ1) is 31.3. The van der Waals surface area contributed by atoms with Crippen molar-refractivity contribution in [2.24, 2.45) is 39.1 Å². The van der Waals surface area contributed by atoms with Crippen LogP contribution >= 0.6 is 0 Å². The molecule has 4 atom stereocenters. The van der Waals surface area contributed by atoms with Crippen LogP contribution in [0.4, 0.5) is 11.4 Å². The number of hydrogen-bond donors (Lipinski definition) is 6. The smallest absolute Gasteiger partial charge is 0.309 e. The fourth-order valence-corrected chi connectivity index (χ4v) is 5.62. The van der Waals surface area contributed by atoms with Gasteiger partial charge in [-0.15, -0.1) is 0 Å². The Bertz CT molecular complexity index is 1440. The van der Waals surface area contributed by atoms with Gasteiger partial charge in [0.15, 0.2) is 5.96 Å². The maximum atomic E-state index is 13.2. The third-order valence-electron chi connectivity index (χ3n) is 8.23. The van der Waals surface area contributed by atoms with Crippen LogP contribution in [-0.4, -0.2) is 53.4 Å². The number of carbonyl (C=O) groups excluding carboxylic acids is 3. The normalized spacial score (nSPS) is 23.8. The first-order valence-electron chi connectivity index (χ1n) is 14.2. The molecular formula is C31H40N6O6. The summed E-state index contributed by atoms with van der Waals surface area (Å²) in [6.07, 6.45) is 2.23. The topological polar surface area (TPSA) is 198 Å². The van der Waals surface area contributed by atoms with Gasteiger partial charge in [-0.25, -0.2) is 4.99 Å². The average molecular weight is 593 g/mol. The maximum absolute atomic E-state index is 13.2. The number of benzene rings is 2. The molecule has 2 fully saturated rings. The monoisotopic (exact) mass is 592 g/mol. The SMILES string of the molecule is C[C@H]1CC1(C)CC(C)(C)COc1ccc(NC(=O)C2(NC(=O)CNC(=O)c3cccc(N=C(N)N)c3)CC2C(=O)O)cc1. The molecule has 2 saturated carbocycles. The van der Waals surface area contributed by atoms with E-state index in [0.717, 1.165) is 12.3 Å². The van der Waals surface area contributed by atoms with Crippen LogP contribution in [0.3, 0.4) is 0 Å². The van der Waals surface area contributed by atoms with E-state index >= 15 is 0 Å². The molecule has 8 N–H and O–H groups in total. The van der Waals surface area contributed by atoms with E-state index in [1.165, 1.54) is 18.6 Å². The third kappa shape index (κ3) is 7.82. The molecule has 0 heterocycles. The van der Waals surface area contributed by atoms with Crippen LogP contribution in [0.5, 0.6) is 5.75 Å². The summed E-state index contributed by atoms with van der Waals surface area (Å²) in [6.45, 7) is 9.04.